The number of para-hydroxylation sites is 1. The Labute approximate surface area is 96.1 Å². The molecule has 1 aromatic rings. The van der Waals surface area contributed by atoms with Gasteiger partial charge in [0.25, 0.3) is 17.7 Å². The van der Waals surface area contributed by atoms with E-state index in [4.69, 9.17) is 0 Å². The fourth-order valence-electron chi connectivity index (χ4n) is 1.34. The Bertz CT molecular complexity index is 518. The van der Waals surface area contributed by atoms with Crippen LogP contribution in [0.2, 0.25) is 0 Å². The first kappa shape index (κ1) is 10.9. The lowest BCUT2D eigenvalue weighted by atomic mass is 10.2. The van der Waals surface area contributed by atoms with Crippen LogP contribution in [0.3, 0.4) is 0 Å². The zero-order valence-electron chi connectivity index (χ0n) is 8.58. The number of carbonyl (C=O) groups excluding carboxylic acids is 3. The minimum Gasteiger partial charge on any atom is -0.507 e. The first-order valence-electron chi connectivity index (χ1n) is 4.74. The van der Waals surface area contributed by atoms with Gasteiger partial charge in [-0.2, -0.15) is 5.01 Å². The number of imide groups is 1. The second kappa shape index (κ2) is 4.09. The third-order valence-corrected chi connectivity index (χ3v) is 2.17. The van der Waals surface area contributed by atoms with Crippen molar-refractivity contribution < 1.29 is 19.5 Å². The van der Waals surface area contributed by atoms with Gasteiger partial charge < -0.3 is 5.11 Å². The van der Waals surface area contributed by atoms with Crippen LogP contribution in [-0.2, 0) is 9.59 Å². The molecule has 2 N–H and O–H groups in total. The van der Waals surface area contributed by atoms with E-state index in [9.17, 15) is 19.5 Å². The first-order chi connectivity index (χ1) is 8.09. The molecule has 86 valence electrons. The number of aromatic hydroxyl groups is 1. The molecular weight excluding hydrogens is 224 g/mol. The summed E-state index contributed by atoms with van der Waals surface area (Å²) in [5.74, 6) is -2.21. The van der Waals surface area contributed by atoms with Gasteiger partial charge in [-0.15, -0.1) is 0 Å². The molecule has 1 aliphatic rings. The van der Waals surface area contributed by atoms with Gasteiger partial charge in [0, 0.05) is 12.2 Å². The first-order valence-corrected chi connectivity index (χ1v) is 4.74. The molecule has 1 aliphatic heterocycles. The Kier molecular flexibility index (Phi) is 2.61. The van der Waals surface area contributed by atoms with Crippen molar-refractivity contribution in [2.45, 2.75) is 0 Å². The Morgan fingerprint density at radius 1 is 1.12 bits per heavy atom. The summed E-state index contributed by atoms with van der Waals surface area (Å²) < 4.78 is 0. The molecule has 0 aliphatic carbocycles. The third-order valence-electron chi connectivity index (χ3n) is 2.17. The monoisotopic (exact) mass is 232 g/mol. The maximum Gasteiger partial charge on any atom is 0.274 e. The summed E-state index contributed by atoms with van der Waals surface area (Å²) in [6, 6.07) is 5.82. The van der Waals surface area contributed by atoms with Gasteiger partial charge in [0.2, 0.25) is 0 Å². The lowest BCUT2D eigenvalue weighted by molar-refractivity contribution is -0.139. The lowest BCUT2D eigenvalue weighted by Crippen LogP contribution is -2.46. The van der Waals surface area contributed by atoms with E-state index in [0.717, 1.165) is 12.2 Å². The van der Waals surface area contributed by atoms with Gasteiger partial charge in [-0.3, -0.25) is 19.8 Å². The maximum atomic E-state index is 11.7. The standard InChI is InChI=1S/C11H8N2O4/c14-8-4-2-1-3-7(8)11(17)12-13-9(15)5-6-10(13)16/h1-6,14H,(H,12,17). The summed E-state index contributed by atoms with van der Waals surface area (Å²) in [4.78, 5) is 34.0. The summed E-state index contributed by atoms with van der Waals surface area (Å²) in [6.07, 6.45) is 2.10. The molecule has 0 unspecified atom stereocenters. The summed E-state index contributed by atoms with van der Waals surface area (Å²) in [5.41, 5.74) is 2.09. The third kappa shape index (κ3) is 2.00. The highest BCUT2D eigenvalue weighted by molar-refractivity contribution is 6.14. The normalized spacial score (nSPS) is 14.2. The van der Waals surface area contributed by atoms with Crippen molar-refractivity contribution in [3.63, 3.8) is 0 Å². The predicted octanol–water partition coefficient (Wildman–Crippen LogP) is -0.0380. The van der Waals surface area contributed by atoms with Gasteiger partial charge in [0.05, 0.1) is 5.56 Å². The number of phenolic OH excluding ortho intramolecular Hbond substituents is 1. The summed E-state index contributed by atoms with van der Waals surface area (Å²) in [7, 11) is 0. The minimum atomic E-state index is -0.728. The van der Waals surface area contributed by atoms with Crippen LogP contribution in [0.25, 0.3) is 0 Å². The van der Waals surface area contributed by atoms with E-state index >= 15 is 0 Å². The van der Waals surface area contributed by atoms with Gasteiger partial charge >= 0.3 is 0 Å². The summed E-state index contributed by atoms with van der Waals surface area (Å²) >= 11 is 0. The topological polar surface area (TPSA) is 86.7 Å². The predicted molar refractivity (Wildman–Crippen MR) is 56.6 cm³/mol. The number of amides is 3. The fraction of sp³-hybridized carbons (Fsp3) is 0. The van der Waals surface area contributed by atoms with Crippen LogP contribution in [0.4, 0.5) is 0 Å². The molecule has 0 saturated heterocycles. The molecule has 0 saturated carbocycles. The van der Waals surface area contributed by atoms with Crippen LogP contribution in [0.1, 0.15) is 10.4 Å². The zero-order valence-corrected chi connectivity index (χ0v) is 8.58. The van der Waals surface area contributed by atoms with Crippen LogP contribution >= 0.6 is 0 Å². The van der Waals surface area contributed by atoms with Crippen molar-refractivity contribution in [2.24, 2.45) is 0 Å². The molecule has 0 atom stereocenters. The van der Waals surface area contributed by atoms with E-state index in [1.807, 2.05) is 0 Å². The number of phenols is 1. The Balaban J connectivity index is 2.16. The molecule has 0 radical (unpaired) electrons. The molecule has 0 spiro atoms. The molecule has 6 heteroatoms. The van der Waals surface area contributed by atoms with E-state index in [0.29, 0.717) is 5.01 Å². The van der Waals surface area contributed by atoms with Crippen LogP contribution < -0.4 is 5.43 Å². The van der Waals surface area contributed by atoms with Crippen molar-refractivity contribution in [1.29, 1.82) is 0 Å². The van der Waals surface area contributed by atoms with Crippen molar-refractivity contribution in [3.8, 4) is 5.75 Å². The molecule has 3 amide bonds. The molecule has 1 heterocycles. The number of hydrogen-bond donors (Lipinski definition) is 2. The Morgan fingerprint density at radius 2 is 1.71 bits per heavy atom. The van der Waals surface area contributed by atoms with Crippen LogP contribution in [0, 0.1) is 0 Å². The number of hydrogen-bond acceptors (Lipinski definition) is 4. The number of hydrazine groups is 1. The number of carbonyl (C=O) groups is 3. The minimum absolute atomic E-state index is 0.0139. The highest BCUT2D eigenvalue weighted by Crippen LogP contribution is 2.15. The van der Waals surface area contributed by atoms with Gasteiger partial charge in [0.1, 0.15) is 5.75 Å². The Morgan fingerprint density at radius 3 is 2.29 bits per heavy atom. The molecule has 17 heavy (non-hydrogen) atoms. The van der Waals surface area contributed by atoms with Crippen LogP contribution in [0.15, 0.2) is 36.4 Å². The molecule has 0 fully saturated rings. The molecular formula is C11H8N2O4. The SMILES string of the molecule is O=C(NN1C(=O)C=CC1=O)c1ccccc1O. The number of benzene rings is 1. The summed E-state index contributed by atoms with van der Waals surface area (Å²) in [5, 5.41) is 10.00. The molecule has 2 rings (SSSR count). The average Bonchev–Trinajstić information content (AvgIpc) is 2.61. The van der Waals surface area contributed by atoms with Gasteiger partial charge in [-0.1, -0.05) is 12.1 Å². The van der Waals surface area contributed by atoms with Crippen LogP contribution in [0.5, 0.6) is 5.75 Å². The van der Waals surface area contributed by atoms with E-state index in [1.165, 1.54) is 12.1 Å². The second-order valence-electron chi connectivity index (χ2n) is 3.30. The average molecular weight is 232 g/mol. The largest absolute Gasteiger partial charge is 0.507 e. The van der Waals surface area contributed by atoms with E-state index in [1.54, 1.807) is 12.1 Å². The highest BCUT2D eigenvalue weighted by atomic mass is 16.3. The van der Waals surface area contributed by atoms with Gasteiger partial charge in [0.15, 0.2) is 0 Å². The van der Waals surface area contributed by atoms with E-state index < -0.39 is 17.7 Å². The molecule has 0 aromatic heterocycles. The number of nitrogens with one attached hydrogen (secondary N) is 1. The van der Waals surface area contributed by atoms with E-state index in [2.05, 4.69) is 5.43 Å². The smallest absolute Gasteiger partial charge is 0.274 e. The Hall–Kier alpha value is -2.63. The lowest BCUT2D eigenvalue weighted by Gasteiger charge is -2.15. The van der Waals surface area contributed by atoms with Crippen LogP contribution in [-0.4, -0.2) is 27.8 Å². The quantitative estimate of drug-likeness (QED) is 0.700. The van der Waals surface area contributed by atoms with Crippen molar-refractivity contribution in [1.82, 2.24) is 10.4 Å². The van der Waals surface area contributed by atoms with Gasteiger partial charge in [-0.25, -0.2) is 0 Å². The number of rotatable bonds is 2. The number of nitrogens with zero attached hydrogens (tertiary/aromatic N) is 1. The highest BCUT2D eigenvalue weighted by Gasteiger charge is 2.26. The maximum absolute atomic E-state index is 11.7. The van der Waals surface area contributed by atoms with Crippen molar-refractivity contribution in [2.75, 3.05) is 0 Å². The fourth-order valence-corrected chi connectivity index (χ4v) is 1.34. The van der Waals surface area contributed by atoms with Crippen molar-refractivity contribution >= 4 is 17.7 Å². The second-order valence-corrected chi connectivity index (χ2v) is 3.30. The zero-order chi connectivity index (χ0) is 12.4. The molecule has 6 nitrogen and oxygen atoms in total. The molecule has 0 bridgehead atoms. The van der Waals surface area contributed by atoms with Crippen molar-refractivity contribution in [3.05, 3.63) is 42.0 Å². The van der Waals surface area contributed by atoms with Gasteiger partial charge in [-0.05, 0) is 12.1 Å². The van der Waals surface area contributed by atoms with E-state index in [-0.39, 0.29) is 11.3 Å². The molecule has 1 aromatic carbocycles. The summed E-state index contributed by atoms with van der Waals surface area (Å²) in [6.45, 7) is 0.